The molecule has 0 aromatic heterocycles. The fourth-order valence-electron chi connectivity index (χ4n) is 5.13. The van der Waals surface area contributed by atoms with Crippen LogP contribution in [-0.2, 0) is 42.1 Å². The maximum atomic E-state index is 6.99. The first-order valence-corrected chi connectivity index (χ1v) is 22.1. The number of rotatable bonds is 20. The van der Waals surface area contributed by atoms with Crippen LogP contribution in [0.25, 0.3) is 0 Å². The molecule has 0 aliphatic heterocycles. The fraction of sp³-hybridized carbons (Fsp3) is 0.111. The number of allylic oxidation sites excluding steroid dienone is 4. The molecule has 0 saturated carbocycles. The molecule has 0 atom stereocenters. The van der Waals surface area contributed by atoms with Crippen molar-refractivity contribution in [3.63, 3.8) is 0 Å². The van der Waals surface area contributed by atoms with Gasteiger partial charge in [0.15, 0.2) is 39.1 Å². The fourth-order valence-corrected chi connectivity index (χ4v) is 19.7. The van der Waals surface area contributed by atoms with Crippen molar-refractivity contribution in [2.24, 2.45) is 0 Å². The summed E-state index contributed by atoms with van der Waals surface area (Å²) in [6.07, 6.45) is 10.9. The van der Waals surface area contributed by atoms with Crippen LogP contribution in [0.4, 0.5) is 0 Å². The lowest BCUT2D eigenvalue weighted by molar-refractivity contribution is 0.180. The highest BCUT2D eigenvalue weighted by atomic mass is 28.5. The van der Waals surface area contributed by atoms with Gasteiger partial charge in [0.05, 0.1) is 0 Å². The van der Waals surface area contributed by atoms with Gasteiger partial charge in [0.1, 0.15) is 0 Å². The van der Waals surface area contributed by atoms with Gasteiger partial charge in [-0.05, 0) is 68.7 Å². The Morgan fingerprint density at radius 3 is 0.844 bits per heavy atom. The first kappa shape index (κ1) is 34.6. The Kier molecular flexibility index (Phi) is 14.4. The van der Waals surface area contributed by atoms with Crippen molar-refractivity contribution >= 4 is 68.8 Å². The van der Waals surface area contributed by atoms with Crippen LogP contribution in [0.1, 0.15) is 22.3 Å². The smallest absolute Gasteiger partial charge is 0.397 e. The van der Waals surface area contributed by atoms with Crippen molar-refractivity contribution in [1.29, 1.82) is 0 Å². The van der Waals surface area contributed by atoms with E-state index in [-0.39, 0.29) is 0 Å². The molecule has 0 fully saturated rings. The van der Waals surface area contributed by atoms with Gasteiger partial charge in [-0.25, -0.2) is 0 Å². The molecule has 0 unspecified atom stereocenters. The molecule has 4 rings (SSSR count). The molecular formula is C36H44O4Si5. The standard InChI is InChI=1S/C36H44O4Si5/c1-5-17-29-21-9-13-25-33(29)41-37-45(38-42-34-26-14-10-22-30(34)18-6-2,39-43-35-27-15-11-23-31(35)19-7-3)40-44-36-28-16-12-24-32(36)20-8-4/h5-16,21-28H,1-4,17-20,41-44H2. The molecule has 0 N–H and O–H groups in total. The summed E-state index contributed by atoms with van der Waals surface area (Å²) in [5, 5.41) is 4.89. The van der Waals surface area contributed by atoms with E-state index in [4.69, 9.17) is 16.5 Å². The van der Waals surface area contributed by atoms with E-state index in [2.05, 4.69) is 123 Å². The highest BCUT2D eigenvalue weighted by Crippen LogP contribution is 2.13. The molecule has 0 aliphatic carbocycles. The topological polar surface area (TPSA) is 36.9 Å². The Morgan fingerprint density at radius 2 is 0.622 bits per heavy atom. The van der Waals surface area contributed by atoms with E-state index in [1.807, 2.05) is 24.3 Å². The highest BCUT2D eigenvalue weighted by molar-refractivity contribution is 6.78. The van der Waals surface area contributed by atoms with Crippen molar-refractivity contribution in [2.75, 3.05) is 0 Å². The second kappa shape index (κ2) is 18.7. The highest BCUT2D eigenvalue weighted by Gasteiger charge is 2.44. The summed E-state index contributed by atoms with van der Waals surface area (Å²) in [7, 11) is -8.63. The molecule has 232 valence electrons. The molecule has 45 heavy (non-hydrogen) atoms. The van der Waals surface area contributed by atoms with Crippen LogP contribution in [0, 0.1) is 0 Å². The second-order valence-electron chi connectivity index (χ2n) is 10.7. The van der Waals surface area contributed by atoms with Crippen molar-refractivity contribution < 1.29 is 16.5 Å². The van der Waals surface area contributed by atoms with E-state index in [9.17, 15) is 0 Å². The summed E-state index contributed by atoms with van der Waals surface area (Å²) >= 11 is 0. The molecule has 0 radical (unpaired) electrons. The average molecular weight is 681 g/mol. The van der Waals surface area contributed by atoms with Crippen LogP contribution in [0.5, 0.6) is 0 Å². The zero-order valence-corrected chi connectivity index (χ0v) is 32.8. The zero-order chi connectivity index (χ0) is 31.7. The predicted octanol–water partition coefficient (Wildman–Crippen LogP) is 2.04. The van der Waals surface area contributed by atoms with Crippen LogP contribution in [0.2, 0.25) is 0 Å². The molecule has 0 heterocycles. The summed E-state index contributed by atoms with van der Waals surface area (Å²) < 4.78 is 28.0. The second-order valence-corrected chi connectivity index (χ2v) is 20.5. The molecule has 9 heteroatoms. The van der Waals surface area contributed by atoms with Crippen LogP contribution < -0.4 is 20.7 Å². The van der Waals surface area contributed by atoms with Crippen LogP contribution >= 0.6 is 0 Å². The monoisotopic (exact) mass is 680 g/mol. The average Bonchev–Trinajstić information content (AvgIpc) is 3.07. The lowest BCUT2D eigenvalue weighted by Gasteiger charge is -2.31. The minimum absolute atomic E-state index is 0.792. The predicted molar refractivity (Wildman–Crippen MR) is 204 cm³/mol. The quantitative estimate of drug-likeness (QED) is 0.106. The van der Waals surface area contributed by atoms with Crippen LogP contribution in [0.15, 0.2) is 148 Å². The van der Waals surface area contributed by atoms with Gasteiger partial charge in [-0.15, -0.1) is 26.3 Å². The van der Waals surface area contributed by atoms with Gasteiger partial charge in [0, 0.05) is 0 Å². The minimum Gasteiger partial charge on any atom is -0.397 e. The summed E-state index contributed by atoms with van der Waals surface area (Å²) in [6, 6.07) is 33.8. The third kappa shape index (κ3) is 10.4. The molecule has 0 amide bonds. The van der Waals surface area contributed by atoms with Crippen LogP contribution in [0.3, 0.4) is 0 Å². The maximum Gasteiger partial charge on any atom is 0.636 e. The summed E-state index contributed by atoms with van der Waals surface area (Å²) in [4.78, 5) is 0. The summed E-state index contributed by atoms with van der Waals surface area (Å²) in [6.45, 7) is 15.9. The van der Waals surface area contributed by atoms with Gasteiger partial charge in [-0.3, -0.25) is 0 Å². The van der Waals surface area contributed by atoms with Gasteiger partial charge in [-0.2, -0.15) is 0 Å². The molecule has 0 saturated heterocycles. The minimum atomic E-state index is -3.57. The van der Waals surface area contributed by atoms with Gasteiger partial charge < -0.3 is 16.5 Å². The largest absolute Gasteiger partial charge is 0.636 e. The first-order chi connectivity index (χ1) is 22.1. The molecule has 0 bridgehead atoms. The third-order valence-electron chi connectivity index (χ3n) is 7.55. The van der Waals surface area contributed by atoms with Crippen molar-refractivity contribution in [3.8, 4) is 0 Å². The van der Waals surface area contributed by atoms with Gasteiger partial charge in [-0.1, -0.05) is 121 Å². The van der Waals surface area contributed by atoms with E-state index in [1.165, 1.54) is 43.0 Å². The molecular weight excluding hydrogens is 637 g/mol. The van der Waals surface area contributed by atoms with E-state index < -0.39 is 48.1 Å². The number of benzene rings is 4. The summed E-state index contributed by atoms with van der Waals surface area (Å²) in [5.74, 6) is 0. The van der Waals surface area contributed by atoms with Gasteiger partial charge in [0.25, 0.3) is 0 Å². The van der Waals surface area contributed by atoms with Gasteiger partial charge >= 0.3 is 9.05 Å². The van der Waals surface area contributed by atoms with Crippen molar-refractivity contribution in [2.45, 2.75) is 25.7 Å². The van der Waals surface area contributed by atoms with Crippen molar-refractivity contribution in [1.82, 2.24) is 0 Å². The molecule has 4 aromatic carbocycles. The van der Waals surface area contributed by atoms with E-state index in [0.29, 0.717) is 0 Å². The SMILES string of the molecule is C=CCc1ccccc1[SiH2]O[Si](O[SiH2]c1ccccc1CC=C)(O[SiH2]c1ccccc1CC=C)O[SiH2]c1ccccc1CC=C. The Balaban J connectivity index is 1.72. The normalized spacial score (nSPS) is 13.3. The Labute approximate surface area is 279 Å². The molecule has 0 spiro atoms. The lowest BCUT2D eigenvalue weighted by Crippen LogP contribution is -2.57. The van der Waals surface area contributed by atoms with E-state index >= 15 is 0 Å². The lowest BCUT2D eigenvalue weighted by atomic mass is 10.1. The third-order valence-corrected chi connectivity index (χ3v) is 19.5. The summed E-state index contributed by atoms with van der Waals surface area (Å²) in [5.41, 5.74) is 4.94. The van der Waals surface area contributed by atoms with Gasteiger partial charge in [0.2, 0.25) is 0 Å². The Bertz CT molecular complexity index is 1340. The molecule has 4 nitrogen and oxygen atoms in total. The Hall–Kier alpha value is -3.24. The molecule has 0 aliphatic rings. The van der Waals surface area contributed by atoms with E-state index in [1.54, 1.807) is 0 Å². The van der Waals surface area contributed by atoms with Crippen molar-refractivity contribution in [3.05, 3.63) is 170 Å². The first-order valence-electron chi connectivity index (χ1n) is 15.4. The van der Waals surface area contributed by atoms with E-state index in [0.717, 1.165) is 25.7 Å². The van der Waals surface area contributed by atoms with Crippen LogP contribution in [-0.4, -0.2) is 48.1 Å². The molecule has 4 aromatic rings. The number of hydrogen-bond donors (Lipinski definition) is 0. The Morgan fingerprint density at radius 1 is 0.400 bits per heavy atom. The zero-order valence-electron chi connectivity index (χ0n) is 26.2. The maximum absolute atomic E-state index is 6.99. The number of hydrogen-bond acceptors (Lipinski definition) is 4.